The second kappa shape index (κ2) is 13.3. The van der Waals surface area contributed by atoms with Gasteiger partial charge in [-0.15, -0.1) is 0 Å². The van der Waals surface area contributed by atoms with Crippen molar-refractivity contribution in [2.24, 2.45) is 0 Å². The van der Waals surface area contributed by atoms with E-state index in [-0.39, 0.29) is 29.6 Å². The van der Waals surface area contributed by atoms with Crippen LogP contribution in [0.5, 0.6) is 0 Å². The van der Waals surface area contributed by atoms with Gasteiger partial charge in [0.1, 0.15) is 0 Å². The first-order valence-corrected chi connectivity index (χ1v) is 5.74. The molecule has 0 radical (unpaired) electrons. The van der Waals surface area contributed by atoms with Crippen molar-refractivity contribution in [3.63, 3.8) is 0 Å². The molecule has 0 aliphatic rings. The van der Waals surface area contributed by atoms with Gasteiger partial charge in [-0.25, -0.2) is 0 Å². The van der Waals surface area contributed by atoms with Gasteiger partial charge in [0, 0.05) is 0 Å². The molecule has 76 valence electrons. The normalized spacial score (nSPS) is 10.2. The first kappa shape index (κ1) is 16.7. The molecule has 0 aliphatic carbocycles. The Morgan fingerprint density at radius 2 is 1.54 bits per heavy atom. The molecule has 0 unspecified atom stereocenters. The molecule has 0 amide bonds. The number of rotatable bonds is 8. The molecule has 0 atom stereocenters. The Morgan fingerprint density at radius 3 is 2.08 bits per heavy atom. The number of unbranched alkanes of at least 4 members (excludes halogenated alkanes) is 5. The zero-order valence-corrected chi connectivity index (χ0v) is 8.59. The average Bonchev–Trinajstić information content (AvgIpc) is 2.02. The van der Waals surface area contributed by atoms with Gasteiger partial charge in [0.2, 0.25) is 0 Å². The molecule has 0 aromatic rings. The van der Waals surface area contributed by atoms with Crippen LogP contribution in [-0.2, 0) is 4.52 Å². The quantitative estimate of drug-likeness (QED) is 0.372. The minimum atomic E-state index is -2.13. The average molecular weight is 218 g/mol. The summed E-state index contributed by atoms with van der Waals surface area (Å²) in [4.78, 5) is 16.8. The van der Waals surface area contributed by atoms with Crippen molar-refractivity contribution in [2.45, 2.75) is 45.4 Å². The third-order valence-electron chi connectivity index (χ3n) is 1.70. The second-order valence-corrected chi connectivity index (χ2v) is 3.62. The Labute approximate surface area is 104 Å². The van der Waals surface area contributed by atoms with E-state index in [0.717, 1.165) is 12.8 Å². The summed E-state index contributed by atoms with van der Waals surface area (Å²) in [6.45, 7) is 2.67. The predicted octanol–water partition coefficient (Wildman–Crippen LogP) is 1.93. The Morgan fingerprint density at radius 1 is 1.00 bits per heavy atom. The Hall–Kier alpha value is 1.31. The van der Waals surface area contributed by atoms with E-state index in [0.29, 0.717) is 6.61 Å². The third-order valence-corrected chi connectivity index (χ3v) is 2.12. The summed E-state index contributed by atoms with van der Waals surface area (Å²) in [6, 6.07) is 0. The van der Waals surface area contributed by atoms with Gasteiger partial charge in [-0.05, 0) is 6.42 Å². The maximum atomic E-state index is 8.39. The molecular weight excluding hydrogens is 198 g/mol. The standard InChI is InChI=1S/C8H19O3P.Na.H/c1-2-3-4-5-6-7-8-11-12(9)10;;/h9-10H,2-8H2,1H3;;. The van der Waals surface area contributed by atoms with Crippen LogP contribution in [0.25, 0.3) is 0 Å². The Balaban J connectivity index is 0. The molecule has 0 heterocycles. The van der Waals surface area contributed by atoms with Crippen LogP contribution in [0, 0.1) is 0 Å². The van der Waals surface area contributed by atoms with Gasteiger partial charge in [-0.2, -0.15) is 0 Å². The molecule has 0 bridgehead atoms. The van der Waals surface area contributed by atoms with E-state index in [4.69, 9.17) is 9.79 Å². The maximum absolute atomic E-state index is 8.39. The van der Waals surface area contributed by atoms with Crippen molar-refractivity contribution in [1.82, 2.24) is 0 Å². The molecule has 13 heavy (non-hydrogen) atoms. The van der Waals surface area contributed by atoms with E-state index in [9.17, 15) is 0 Å². The van der Waals surface area contributed by atoms with E-state index in [2.05, 4.69) is 11.4 Å². The number of hydrogen-bond donors (Lipinski definition) is 2. The first-order chi connectivity index (χ1) is 5.77. The van der Waals surface area contributed by atoms with Gasteiger partial charge in [0.05, 0.1) is 6.61 Å². The summed E-state index contributed by atoms with van der Waals surface area (Å²) < 4.78 is 4.62. The fourth-order valence-electron chi connectivity index (χ4n) is 1.03. The van der Waals surface area contributed by atoms with Crippen molar-refractivity contribution < 1.29 is 14.3 Å². The van der Waals surface area contributed by atoms with Crippen LogP contribution < -0.4 is 0 Å². The van der Waals surface area contributed by atoms with E-state index >= 15 is 0 Å². The van der Waals surface area contributed by atoms with Gasteiger partial charge in [0.15, 0.2) is 0 Å². The molecule has 0 rings (SSSR count). The van der Waals surface area contributed by atoms with Crippen LogP contribution in [0.3, 0.4) is 0 Å². The summed E-state index contributed by atoms with van der Waals surface area (Å²) in [5.74, 6) is 0. The van der Waals surface area contributed by atoms with Crippen LogP contribution in [0.15, 0.2) is 0 Å². The van der Waals surface area contributed by atoms with Gasteiger partial charge in [-0.3, -0.25) is 0 Å². The monoisotopic (exact) mass is 218 g/mol. The summed E-state index contributed by atoms with van der Waals surface area (Å²) >= 11 is 0. The van der Waals surface area contributed by atoms with Gasteiger partial charge in [-0.1, -0.05) is 39.0 Å². The summed E-state index contributed by atoms with van der Waals surface area (Å²) in [5.41, 5.74) is 0. The molecule has 0 aromatic heterocycles. The van der Waals surface area contributed by atoms with E-state index < -0.39 is 8.60 Å². The fourth-order valence-corrected chi connectivity index (χ4v) is 1.32. The van der Waals surface area contributed by atoms with E-state index in [1.807, 2.05) is 0 Å². The Kier molecular flexibility index (Phi) is 17.1. The molecule has 0 aliphatic heterocycles. The molecule has 3 nitrogen and oxygen atoms in total. The van der Waals surface area contributed by atoms with Crippen LogP contribution in [0.2, 0.25) is 0 Å². The molecule has 0 saturated heterocycles. The SMILES string of the molecule is CCCCCCCCOP(O)O.[NaH]. The van der Waals surface area contributed by atoms with Crippen molar-refractivity contribution in [1.29, 1.82) is 0 Å². The van der Waals surface area contributed by atoms with Crippen molar-refractivity contribution in [3.8, 4) is 0 Å². The summed E-state index contributed by atoms with van der Waals surface area (Å²) in [7, 11) is -2.13. The van der Waals surface area contributed by atoms with Crippen molar-refractivity contribution in [2.75, 3.05) is 6.61 Å². The van der Waals surface area contributed by atoms with Crippen LogP contribution in [0.1, 0.15) is 45.4 Å². The van der Waals surface area contributed by atoms with E-state index in [1.54, 1.807) is 0 Å². The second-order valence-electron chi connectivity index (χ2n) is 2.85. The molecular formula is C8H20NaO3P. The van der Waals surface area contributed by atoms with Crippen LogP contribution >= 0.6 is 8.60 Å². The molecule has 0 fully saturated rings. The molecule has 0 aromatic carbocycles. The van der Waals surface area contributed by atoms with Crippen molar-refractivity contribution in [3.05, 3.63) is 0 Å². The van der Waals surface area contributed by atoms with Crippen LogP contribution in [0.4, 0.5) is 0 Å². The minimum absolute atomic E-state index is 0. The summed E-state index contributed by atoms with van der Waals surface area (Å²) in [6.07, 6.45) is 7.13. The zero-order chi connectivity index (χ0) is 9.23. The van der Waals surface area contributed by atoms with Crippen LogP contribution in [-0.4, -0.2) is 46.0 Å². The fraction of sp³-hybridized carbons (Fsp3) is 1.00. The zero-order valence-electron chi connectivity index (χ0n) is 7.70. The topological polar surface area (TPSA) is 49.7 Å². The van der Waals surface area contributed by atoms with Crippen molar-refractivity contribution >= 4 is 38.2 Å². The van der Waals surface area contributed by atoms with Gasteiger partial charge >= 0.3 is 38.2 Å². The van der Waals surface area contributed by atoms with E-state index in [1.165, 1.54) is 25.7 Å². The van der Waals surface area contributed by atoms with Gasteiger partial charge in [0.25, 0.3) is 0 Å². The summed E-state index contributed by atoms with van der Waals surface area (Å²) in [5, 5.41) is 0. The first-order valence-electron chi connectivity index (χ1n) is 4.58. The number of hydrogen-bond acceptors (Lipinski definition) is 3. The third kappa shape index (κ3) is 16.0. The Bertz CT molecular complexity index is 93.5. The molecule has 0 saturated carbocycles. The molecule has 2 N–H and O–H groups in total. The molecule has 0 spiro atoms. The van der Waals surface area contributed by atoms with Gasteiger partial charge < -0.3 is 14.3 Å². The molecule has 5 heteroatoms. The predicted molar refractivity (Wildman–Crippen MR) is 57.8 cm³/mol.